The molecule has 0 spiro atoms. The van der Waals surface area contributed by atoms with Crippen LogP contribution < -0.4 is 0 Å². The summed E-state index contributed by atoms with van der Waals surface area (Å²) in [5.74, 6) is 7.16. The zero-order valence-corrected chi connectivity index (χ0v) is 7.84. The monoisotopic (exact) mass is 163 g/mol. The molecular weight excluding hydrogens is 146 g/mol. The van der Waals surface area contributed by atoms with Crippen LogP contribution in [-0.2, 0) is 0 Å². The van der Waals surface area contributed by atoms with Gasteiger partial charge in [0.2, 0.25) is 0 Å². The molecule has 2 atom stereocenters. The molecule has 0 aromatic carbocycles. The van der Waals surface area contributed by atoms with E-state index in [4.69, 9.17) is 0 Å². The molecule has 1 saturated carbocycles. The minimum atomic E-state index is 0.902. The van der Waals surface area contributed by atoms with E-state index in [2.05, 4.69) is 16.7 Å². The summed E-state index contributed by atoms with van der Waals surface area (Å²) in [6, 6.07) is 0.902. The molecule has 1 aliphatic carbocycles. The number of hydrogen-bond donors (Lipinski definition) is 0. The topological polar surface area (TPSA) is 3.24 Å². The average Bonchev–Trinajstić information content (AvgIpc) is 2.07. The number of nitrogens with zero attached hydrogens (tertiary/aromatic N) is 1. The van der Waals surface area contributed by atoms with Crippen LogP contribution in [0, 0.1) is 17.8 Å². The zero-order chi connectivity index (χ0) is 8.39. The van der Waals surface area contributed by atoms with E-state index in [1.807, 2.05) is 6.92 Å². The third-order valence-electron chi connectivity index (χ3n) is 3.27. The maximum Gasteiger partial charge on any atom is 0.0604 e. The fourth-order valence-electron chi connectivity index (χ4n) is 2.54. The molecule has 0 unspecified atom stereocenters. The van der Waals surface area contributed by atoms with Crippen LogP contribution in [0.15, 0.2) is 0 Å². The highest BCUT2D eigenvalue weighted by Crippen LogP contribution is 2.36. The molecule has 0 N–H and O–H groups in total. The Kier molecular flexibility index (Phi) is 2.37. The molecule has 0 aromatic rings. The van der Waals surface area contributed by atoms with Crippen LogP contribution in [0.4, 0.5) is 0 Å². The van der Waals surface area contributed by atoms with E-state index in [-0.39, 0.29) is 0 Å². The van der Waals surface area contributed by atoms with Gasteiger partial charge >= 0.3 is 0 Å². The predicted octanol–water partition coefficient (Wildman–Crippen LogP) is 1.88. The van der Waals surface area contributed by atoms with Crippen LogP contribution in [0.1, 0.15) is 32.6 Å². The molecule has 2 rings (SSSR count). The largest absolute Gasteiger partial charge is 0.289 e. The van der Waals surface area contributed by atoms with Crippen molar-refractivity contribution in [1.29, 1.82) is 0 Å². The molecule has 0 radical (unpaired) electrons. The van der Waals surface area contributed by atoms with Crippen LogP contribution in [0.2, 0.25) is 0 Å². The number of fused-ring (bicyclic) bond motifs is 1. The third kappa shape index (κ3) is 1.36. The van der Waals surface area contributed by atoms with Crippen molar-refractivity contribution in [3.8, 4) is 11.8 Å². The van der Waals surface area contributed by atoms with E-state index >= 15 is 0 Å². The lowest BCUT2D eigenvalue weighted by Crippen LogP contribution is -2.57. The van der Waals surface area contributed by atoms with Crippen molar-refractivity contribution >= 4 is 0 Å². The molecule has 1 heteroatoms. The summed E-state index contributed by atoms with van der Waals surface area (Å²) in [5, 5.41) is 0. The van der Waals surface area contributed by atoms with E-state index in [9.17, 15) is 0 Å². The SMILES string of the molecule is CC#CCN1C[C@H]2CCCC[C@H]21. The molecule has 0 aromatic heterocycles. The van der Waals surface area contributed by atoms with Gasteiger partial charge in [-0.1, -0.05) is 18.8 Å². The van der Waals surface area contributed by atoms with E-state index in [0.717, 1.165) is 18.5 Å². The van der Waals surface area contributed by atoms with Gasteiger partial charge in [0.15, 0.2) is 0 Å². The Morgan fingerprint density at radius 3 is 2.92 bits per heavy atom. The van der Waals surface area contributed by atoms with Crippen molar-refractivity contribution in [3.05, 3.63) is 0 Å². The molecule has 0 bridgehead atoms. The van der Waals surface area contributed by atoms with Crippen molar-refractivity contribution in [2.75, 3.05) is 13.1 Å². The lowest BCUT2D eigenvalue weighted by molar-refractivity contribution is -0.00261. The summed E-state index contributed by atoms with van der Waals surface area (Å²) in [6.45, 7) is 4.26. The first-order valence-corrected chi connectivity index (χ1v) is 5.05. The van der Waals surface area contributed by atoms with Crippen LogP contribution in [0.25, 0.3) is 0 Å². The summed E-state index contributed by atoms with van der Waals surface area (Å²) < 4.78 is 0. The van der Waals surface area contributed by atoms with E-state index in [1.54, 1.807) is 0 Å². The lowest BCUT2D eigenvalue weighted by Gasteiger charge is -2.50. The first-order chi connectivity index (χ1) is 5.92. The molecule has 2 fully saturated rings. The highest BCUT2D eigenvalue weighted by molar-refractivity contribution is 5.03. The Hall–Kier alpha value is -0.480. The molecular formula is C11H17N. The minimum absolute atomic E-state index is 0.902. The smallest absolute Gasteiger partial charge is 0.0604 e. The molecule has 0 amide bonds. The maximum atomic E-state index is 3.16. The normalized spacial score (nSPS) is 34.4. The summed E-state index contributed by atoms with van der Waals surface area (Å²) in [7, 11) is 0. The Bertz CT molecular complexity index is 211. The van der Waals surface area contributed by atoms with Crippen LogP contribution in [0.5, 0.6) is 0 Å². The van der Waals surface area contributed by atoms with Gasteiger partial charge in [-0.3, -0.25) is 4.90 Å². The predicted molar refractivity (Wildman–Crippen MR) is 50.8 cm³/mol. The van der Waals surface area contributed by atoms with Gasteiger partial charge in [0.25, 0.3) is 0 Å². The third-order valence-corrected chi connectivity index (χ3v) is 3.27. The minimum Gasteiger partial charge on any atom is -0.289 e. The van der Waals surface area contributed by atoms with Gasteiger partial charge < -0.3 is 0 Å². The standard InChI is InChI=1S/C11H17N/c1-2-3-8-12-9-10-6-4-5-7-11(10)12/h10-11H,4-9H2,1H3/t10-,11-/m1/s1. The summed E-state index contributed by atoms with van der Waals surface area (Å²) >= 11 is 0. The molecule has 2 aliphatic rings. The van der Waals surface area contributed by atoms with Crippen LogP contribution in [0.3, 0.4) is 0 Å². The van der Waals surface area contributed by atoms with Gasteiger partial charge in [-0.15, -0.1) is 5.92 Å². The molecule has 1 heterocycles. The second-order valence-corrected chi connectivity index (χ2v) is 3.97. The van der Waals surface area contributed by atoms with Crippen molar-refractivity contribution in [1.82, 2.24) is 4.90 Å². The Morgan fingerprint density at radius 2 is 2.17 bits per heavy atom. The molecule has 66 valence electrons. The first-order valence-electron chi connectivity index (χ1n) is 5.05. The Morgan fingerprint density at radius 1 is 1.33 bits per heavy atom. The van der Waals surface area contributed by atoms with E-state index < -0.39 is 0 Å². The molecule has 12 heavy (non-hydrogen) atoms. The van der Waals surface area contributed by atoms with Crippen molar-refractivity contribution in [2.45, 2.75) is 38.6 Å². The maximum absolute atomic E-state index is 3.16. The number of hydrogen-bond acceptors (Lipinski definition) is 1. The fraction of sp³-hybridized carbons (Fsp3) is 0.818. The molecule has 1 nitrogen and oxygen atoms in total. The second-order valence-electron chi connectivity index (χ2n) is 3.97. The van der Waals surface area contributed by atoms with Gasteiger partial charge in [0.05, 0.1) is 6.54 Å². The zero-order valence-electron chi connectivity index (χ0n) is 7.84. The molecule has 1 aliphatic heterocycles. The van der Waals surface area contributed by atoms with Gasteiger partial charge in [-0.2, -0.15) is 0 Å². The van der Waals surface area contributed by atoms with Crippen LogP contribution >= 0.6 is 0 Å². The van der Waals surface area contributed by atoms with E-state index in [0.29, 0.717) is 0 Å². The lowest BCUT2D eigenvalue weighted by atomic mass is 9.77. The Balaban J connectivity index is 1.83. The first kappa shape index (κ1) is 8.13. The van der Waals surface area contributed by atoms with Crippen molar-refractivity contribution in [2.24, 2.45) is 5.92 Å². The average molecular weight is 163 g/mol. The molecule has 1 saturated heterocycles. The van der Waals surface area contributed by atoms with Gasteiger partial charge in [-0.25, -0.2) is 0 Å². The fourth-order valence-corrected chi connectivity index (χ4v) is 2.54. The van der Waals surface area contributed by atoms with Gasteiger partial charge in [-0.05, 0) is 25.7 Å². The number of likely N-dealkylation sites (tertiary alicyclic amines) is 1. The quantitative estimate of drug-likeness (QED) is 0.533. The summed E-state index contributed by atoms with van der Waals surface area (Å²) in [4.78, 5) is 2.54. The van der Waals surface area contributed by atoms with Crippen LogP contribution in [-0.4, -0.2) is 24.0 Å². The van der Waals surface area contributed by atoms with Gasteiger partial charge in [0, 0.05) is 12.6 Å². The summed E-state index contributed by atoms with van der Waals surface area (Å²) in [6.07, 6.45) is 5.81. The highest BCUT2D eigenvalue weighted by Gasteiger charge is 2.39. The van der Waals surface area contributed by atoms with Gasteiger partial charge in [0.1, 0.15) is 0 Å². The second kappa shape index (κ2) is 3.49. The Labute approximate surface area is 75.1 Å². The highest BCUT2D eigenvalue weighted by atomic mass is 15.2. The number of rotatable bonds is 1. The van der Waals surface area contributed by atoms with Crippen molar-refractivity contribution < 1.29 is 0 Å². The van der Waals surface area contributed by atoms with Crippen molar-refractivity contribution in [3.63, 3.8) is 0 Å². The summed E-state index contributed by atoms with van der Waals surface area (Å²) in [5.41, 5.74) is 0. The van der Waals surface area contributed by atoms with E-state index in [1.165, 1.54) is 32.2 Å².